The van der Waals surface area contributed by atoms with Crippen molar-refractivity contribution in [3.63, 3.8) is 0 Å². The molecule has 4 nitrogen and oxygen atoms in total. The fourth-order valence-electron chi connectivity index (χ4n) is 0.963. The van der Waals surface area contributed by atoms with Crippen molar-refractivity contribution in [3.8, 4) is 0 Å². The van der Waals surface area contributed by atoms with Gasteiger partial charge in [0.25, 0.3) is 0 Å². The average Bonchev–Trinajstić information content (AvgIpc) is 2.54. The van der Waals surface area contributed by atoms with Gasteiger partial charge in [-0.25, -0.2) is 15.0 Å². The molecule has 0 radical (unpaired) electrons. The molecule has 72 valence electrons. The first kappa shape index (κ1) is 9.48. The first-order valence-electron chi connectivity index (χ1n) is 3.92. The van der Waals surface area contributed by atoms with Gasteiger partial charge in [0.2, 0.25) is 5.28 Å². The Morgan fingerprint density at radius 2 is 2.29 bits per heavy atom. The molecule has 0 saturated heterocycles. The minimum absolute atomic E-state index is 0.263. The smallest absolute Gasteiger partial charge is 0.223 e. The summed E-state index contributed by atoms with van der Waals surface area (Å²) in [6.07, 6.45) is 3.45. The number of halogens is 1. The third-order valence-corrected chi connectivity index (χ3v) is 2.48. The van der Waals surface area contributed by atoms with Crippen LogP contribution in [0.25, 0.3) is 0 Å². The highest BCUT2D eigenvalue weighted by Crippen LogP contribution is 2.23. The lowest BCUT2D eigenvalue weighted by Gasteiger charge is -1.98. The van der Waals surface area contributed by atoms with E-state index in [-0.39, 0.29) is 5.28 Å². The zero-order valence-corrected chi connectivity index (χ0v) is 8.93. The van der Waals surface area contributed by atoms with Crippen molar-refractivity contribution in [2.24, 2.45) is 0 Å². The monoisotopic (exact) mass is 226 g/mol. The number of aryl methyl sites for hydroxylation is 1. The van der Waals surface area contributed by atoms with E-state index in [1.165, 1.54) is 11.8 Å². The molecular formula is C8H7ClN4S. The topological polar surface area (TPSA) is 54.5 Å². The van der Waals surface area contributed by atoms with Gasteiger partial charge in [0, 0.05) is 18.1 Å². The molecule has 1 N–H and O–H groups in total. The van der Waals surface area contributed by atoms with Crippen LogP contribution in [0.2, 0.25) is 5.28 Å². The van der Waals surface area contributed by atoms with E-state index in [0.29, 0.717) is 0 Å². The lowest BCUT2D eigenvalue weighted by atomic mass is 10.5. The fourth-order valence-corrected chi connectivity index (χ4v) is 2.04. The Hall–Kier alpha value is -1.07. The molecule has 14 heavy (non-hydrogen) atoms. The van der Waals surface area contributed by atoms with Gasteiger partial charge in [-0.2, -0.15) is 0 Å². The number of imidazole rings is 1. The van der Waals surface area contributed by atoms with E-state index >= 15 is 0 Å². The van der Waals surface area contributed by atoms with Crippen LogP contribution in [-0.2, 0) is 0 Å². The molecule has 0 aliphatic rings. The Morgan fingerprint density at radius 1 is 1.43 bits per heavy atom. The molecule has 2 aromatic rings. The molecule has 0 fully saturated rings. The van der Waals surface area contributed by atoms with E-state index in [9.17, 15) is 0 Å². The predicted molar refractivity (Wildman–Crippen MR) is 54.5 cm³/mol. The molecular weight excluding hydrogens is 220 g/mol. The molecule has 0 aliphatic carbocycles. The molecule has 0 atom stereocenters. The zero-order valence-electron chi connectivity index (χ0n) is 7.36. The Labute approximate surface area is 90.1 Å². The summed E-state index contributed by atoms with van der Waals surface area (Å²) in [5.41, 5.74) is 0.846. The van der Waals surface area contributed by atoms with Gasteiger partial charge in [-0.3, -0.25) is 0 Å². The highest BCUT2D eigenvalue weighted by atomic mass is 35.5. The lowest BCUT2D eigenvalue weighted by Crippen LogP contribution is -1.89. The first-order chi connectivity index (χ1) is 6.74. The highest BCUT2D eigenvalue weighted by Gasteiger charge is 2.03. The van der Waals surface area contributed by atoms with E-state index < -0.39 is 0 Å². The molecule has 0 aliphatic heterocycles. The van der Waals surface area contributed by atoms with Gasteiger partial charge in [-0.15, -0.1) is 0 Å². The molecule has 0 aromatic carbocycles. The maximum absolute atomic E-state index is 5.72. The van der Waals surface area contributed by atoms with Crippen LogP contribution in [0.1, 0.15) is 5.69 Å². The van der Waals surface area contributed by atoms with Gasteiger partial charge in [0.05, 0.1) is 0 Å². The van der Waals surface area contributed by atoms with E-state index in [1.807, 2.05) is 13.0 Å². The van der Waals surface area contributed by atoms with Crippen LogP contribution < -0.4 is 0 Å². The number of aromatic nitrogens is 4. The largest absolute Gasteiger partial charge is 0.339 e. The number of hydrogen-bond donors (Lipinski definition) is 1. The molecule has 0 saturated carbocycles. The first-order valence-corrected chi connectivity index (χ1v) is 5.12. The Morgan fingerprint density at radius 3 is 2.93 bits per heavy atom. The second-order valence-corrected chi connectivity index (χ2v) is 3.96. The lowest BCUT2D eigenvalue weighted by molar-refractivity contribution is 0.990. The second-order valence-electron chi connectivity index (χ2n) is 2.61. The SMILES string of the molecule is Cc1cc(Sc2ncc[nH]2)nc(Cl)n1. The van der Waals surface area contributed by atoms with Crippen LogP contribution in [0.5, 0.6) is 0 Å². The van der Waals surface area contributed by atoms with Gasteiger partial charge < -0.3 is 4.98 Å². The number of aromatic amines is 1. The van der Waals surface area contributed by atoms with Crippen LogP contribution >= 0.6 is 23.4 Å². The molecule has 2 rings (SSSR count). The summed E-state index contributed by atoms with van der Waals surface area (Å²) >= 11 is 7.14. The van der Waals surface area contributed by atoms with E-state index in [1.54, 1.807) is 12.4 Å². The molecule has 0 amide bonds. The predicted octanol–water partition coefficient (Wildman–Crippen LogP) is 2.31. The van der Waals surface area contributed by atoms with Crippen LogP contribution in [0, 0.1) is 6.92 Å². The van der Waals surface area contributed by atoms with Gasteiger partial charge in [-0.1, -0.05) is 0 Å². The number of hydrogen-bond acceptors (Lipinski definition) is 4. The summed E-state index contributed by atoms with van der Waals surface area (Å²) in [7, 11) is 0. The number of nitrogens with one attached hydrogen (secondary N) is 1. The van der Waals surface area contributed by atoms with Crippen LogP contribution in [-0.4, -0.2) is 19.9 Å². The molecule has 0 unspecified atom stereocenters. The summed E-state index contributed by atoms with van der Waals surface area (Å²) < 4.78 is 0. The second kappa shape index (κ2) is 3.98. The minimum Gasteiger partial charge on any atom is -0.339 e. The van der Waals surface area contributed by atoms with Gasteiger partial charge in [0.1, 0.15) is 5.03 Å². The Kier molecular flexibility index (Phi) is 2.69. The van der Waals surface area contributed by atoms with E-state index in [2.05, 4.69) is 19.9 Å². The fraction of sp³-hybridized carbons (Fsp3) is 0.125. The third-order valence-electron chi connectivity index (χ3n) is 1.48. The quantitative estimate of drug-likeness (QED) is 0.631. The van der Waals surface area contributed by atoms with Crippen molar-refractivity contribution in [1.29, 1.82) is 0 Å². The van der Waals surface area contributed by atoms with Crippen molar-refractivity contribution in [1.82, 2.24) is 19.9 Å². The van der Waals surface area contributed by atoms with Crippen molar-refractivity contribution in [2.45, 2.75) is 17.1 Å². The standard InChI is InChI=1S/C8H7ClN4S/c1-5-4-6(13-7(9)12-5)14-8-10-2-3-11-8/h2-4H,1H3,(H,10,11). The molecule has 0 spiro atoms. The van der Waals surface area contributed by atoms with Crippen LogP contribution in [0.15, 0.2) is 28.6 Å². The maximum atomic E-state index is 5.72. The maximum Gasteiger partial charge on any atom is 0.223 e. The Bertz CT molecular complexity index is 409. The normalized spacial score (nSPS) is 10.4. The van der Waals surface area contributed by atoms with Gasteiger partial charge >= 0.3 is 0 Å². The number of H-pyrrole nitrogens is 1. The summed E-state index contributed by atoms with van der Waals surface area (Å²) in [6, 6.07) is 1.86. The Balaban J connectivity index is 2.25. The zero-order chi connectivity index (χ0) is 9.97. The summed E-state index contributed by atoms with van der Waals surface area (Å²) in [4.78, 5) is 15.1. The number of nitrogens with zero attached hydrogens (tertiary/aromatic N) is 3. The van der Waals surface area contributed by atoms with Crippen LogP contribution in [0.3, 0.4) is 0 Å². The highest BCUT2D eigenvalue weighted by molar-refractivity contribution is 7.99. The van der Waals surface area contributed by atoms with Crippen molar-refractivity contribution in [3.05, 3.63) is 29.4 Å². The van der Waals surface area contributed by atoms with Gasteiger partial charge in [0.15, 0.2) is 5.16 Å². The van der Waals surface area contributed by atoms with Crippen molar-refractivity contribution in [2.75, 3.05) is 0 Å². The molecule has 0 bridgehead atoms. The number of rotatable bonds is 2. The summed E-state index contributed by atoms with van der Waals surface area (Å²) in [5.74, 6) is 0. The molecule has 6 heteroatoms. The molecule has 2 aromatic heterocycles. The van der Waals surface area contributed by atoms with Crippen molar-refractivity contribution >= 4 is 23.4 Å². The molecule has 2 heterocycles. The van der Waals surface area contributed by atoms with Crippen molar-refractivity contribution < 1.29 is 0 Å². The summed E-state index contributed by atoms with van der Waals surface area (Å²) in [5, 5.41) is 1.84. The van der Waals surface area contributed by atoms with E-state index in [0.717, 1.165) is 15.9 Å². The van der Waals surface area contributed by atoms with Gasteiger partial charge in [-0.05, 0) is 36.4 Å². The minimum atomic E-state index is 0.263. The summed E-state index contributed by atoms with van der Waals surface area (Å²) in [6.45, 7) is 1.87. The van der Waals surface area contributed by atoms with Crippen LogP contribution in [0.4, 0.5) is 0 Å². The third kappa shape index (κ3) is 2.24. The van der Waals surface area contributed by atoms with E-state index in [4.69, 9.17) is 11.6 Å². The average molecular weight is 227 g/mol.